The molecule has 4 N–H and O–H groups in total. The van der Waals surface area contributed by atoms with E-state index in [1.807, 2.05) is 43.3 Å². The summed E-state index contributed by atoms with van der Waals surface area (Å²) < 4.78 is 0. The Morgan fingerprint density at radius 2 is 1.60 bits per heavy atom. The number of benzene rings is 2. The Balaban J connectivity index is 2.33. The van der Waals surface area contributed by atoms with Crippen molar-refractivity contribution in [3.05, 3.63) is 65.2 Å². The molecule has 0 aliphatic heterocycles. The van der Waals surface area contributed by atoms with Crippen LogP contribution in [-0.2, 0) is 11.8 Å². The lowest BCUT2D eigenvalue weighted by Gasteiger charge is -2.31. The van der Waals surface area contributed by atoms with Gasteiger partial charge in [0.25, 0.3) is 0 Å². The van der Waals surface area contributed by atoms with Gasteiger partial charge in [-0.1, -0.05) is 42.0 Å². The van der Waals surface area contributed by atoms with Crippen LogP contribution in [0.3, 0.4) is 0 Å². The normalized spacial score (nSPS) is 13.9. The van der Waals surface area contributed by atoms with Gasteiger partial charge >= 0.3 is 0 Å². The number of phenolic OH excluding ortho intramolecular Hbond substituents is 1. The number of aromatic hydroxyl groups is 1. The SMILES string of the molecule is Cc1ccc(C(CN)(CO)Cc2ccc(O)cc2)cc1. The summed E-state index contributed by atoms with van der Waals surface area (Å²) in [5.74, 6) is 0.242. The minimum Gasteiger partial charge on any atom is -0.508 e. The molecule has 0 aliphatic carbocycles. The van der Waals surface area contributed by atoms with E-state index >= 15 is 0 Å². The first-order valence-electron chi connectivity index (χ1n) is 6.76. The van der Waals surface area contributed by atoms with E-state index in [4.69, 9.17) is 5.73 Å². The van der Waals surface area contributed by atoms with Crippen molar-refractivity contribution in [2.75, 3.05) is 13.2 Å². The fourth-order valence-corrected chi connectivity index (χ4v) is 2.42. The van der Waals surface area contributed by atoms with E-state index in [9.17, 15) is 10.2 Å². The third kappa shape index (κ3) is 3.00. The molecule has 0 amide bonds. The first-order valence-corrected chi connectivity index (χ1v) is 6.76. The minimum atomic E-state index is -0.481. The van der Waals surface area contributed by atoms with Gasteiger partial charge in [-0.15, -0.1) is 0 Å². The highest BCUT2D eigenvalue weighted by Crippen LogP contribution is 2.28. The van der Waals surface area contributed by atoms with E-state index in [2.05, 4.69) is 0 Å². The van der Waals surface area contributed by atoms with Crippen LogP contribution in [0.2, 0.25) is 0 Å². The van der Waals surface area contributed by atoms with Crippen LogP contribution < -0.4 is 5.73 Å². The predicted molar refractivity (Wildman–Crippen MR) is 80.8 cm³/mol. The fourth-order valence-electron chi connectivity index (χ4n) is 2.42. The second kappa shape index (κ2) is 6.07. The Labute approximate surface area is 119 Å². The lowest BCUT2D eigenvalue weighted by molar-refractivity contribution is 0.196. The molecule has 106 valence electrons. The number of aliphatic hydroxyl groups excluding tert-OH is 1. The minimum absolute atomic E-state index is 0.00651. The van der Waals surface area contributed by atoms with Crippen LogP contribution in [0, 0.1) is 6.92 Å². The van der Waals surface area contributed by atoms with Crippen LogP contribution in [0.1, 0.15) is 16.7 Å². The van der Waals surface area contributed by atoms with Crippen molar-refractivity contribution in [1.82, 2.24) is 0 Å². The highest BCUT2D eigenvalue weighted by molar-refractivity contribution is 5.34. The van der Waals surface area contributed by atoms with Gasteiger partial charge in [-0.05, 0) is 36.6 Å². The second-order valence-electron chi connectivity index (χ2n) is 5.35. The van der Waals surface area contributed by atoms with E-state index in [1.165, 1.54) is 5.56 Å². The average molecular weight is 271 g/mol. The first kappa shape index (κ1) is 14.6. The first-order chi connectivity index (χ1) is 9.59. The summed E-state index contributed by atoms with van der Waals surface area (Å²) in [4.78, 5) is 0. The number of nitrogens with two attached hydrogens (primary N) is 1. The lowest BCUT2D eigenvalue weighted by atomic mass is 9.76. The number of aliphatic hydroxyl groups is 1. The Hall–Kier alpha value is -1.84. The molecule has 3 nitrogen and oxygen atoms in total. The van der Waals surface area contributed by atoms with Crippen LogP contribution in [-0.4, -0.2) is 23.4 Å². The molecule has 1 unspecified atom stereocenters. The van der Waals surface area contributed by atoms with E-state index in [0.717, 1.165) is 11.1 Å². The molecule has 2 aromatic carbocycles. The molecular formula is C17H21NO2. The smallest absolute Gasteiger partial charge is 0.115 e. The van der Waals surface area contributed by atoms with E-state index in [-0.39, 0.29) is 12.4 Å². The van der Waals surface area contributed by atoms with Gasteiger partial charge < -0.3 is 15.9 Å². The summed E-state index contributed by atoms with van der Waals surface area (Å²) in [6.07, 6.45) is 0.642. The maximum absolute atomic E-state index is 9.89. The van der Waals surface area contributed by atoms with Crippen molar-refractivity contribution in [2.45, 2.75) is 18.8 Å². The van der Waals surface area contributed by atoms with Crippen LogP contribution in [0.25, 0.3) is 0 Å². The van der Waals surface area contributed by atoms with Crippen LogP contribution >= 0.6 is 0 Å². The van der Waals surface area contributed by atoms with Crippen molar-refractivity contribution in [2.24, 2.45) is 5.73 Å². The summed E-state index contributed by atoms with van der Waals surface area (Å²) in [7, 11) is 0. The standard InChI is InChI=1S/C17H21NO2/c1-13-2-6-15(7-3-13)17(11-18,12-19)10-14-4-8-16(20)9-5-14/h2-9,19-20H,10-12,18H2,1H3. The van der Waals surface area contributed by atoms with Gasteiger partial charge in [-0.3, -0.25) is 0 Å². The largest absolute Gasteiger partial charge is 0.508 e. The maximum Gasteiger partial charge on any atom is 0.115 e. The Bertz CT molecular complexity index is 542. The van der Waals surface area contributed by atoms with Crippen LogP contribution in [0.15, 0.2) is 48.5 Å². The van der Waals surface area contributed by atoms with E-state index in [0.29, 0.717) is 13.0 Å². The molecule has 1 atom stereocenters. The quantitative estimate of drug-likeness (QED) is 0.780. The third-order valence-corrected chi connectivity index (χ3v) is 3.84. The highest BCUT2D eigenvalue weighted by atomic mass is 16.3. The average Bonchev–Trinajstić information content (AvgIpc) is 2.48. The summed E-state index contributed by atoms with van der Waals surface area (Å²) in [6.45, 7) is 2.40. The van der Waals surface area contributed by atoms with Crippen LogP contribution in [0.4, 0.5) is 0 Å². The van der Waals surface area contributed by atoms with Gasteiger partial charge in [0, 0.05) is 12.0 Å². The molecular weight excluding hydrogens is 250 g/mol. The molecule has 0 bridgehead atoms. The fraction of sp³-hybridized carbons (Fsp3) is 0.294. The number of rotatable bonds is 5. The van der Waals surface area contributed by atoms with Crippen molar-refractivity contribution in [1.29, 1.82) is 0 Å². The summed E-state index contributed by atoms with van der Waals surface area (Å²) in [5.41, 5.74) is 8.74. The molecule has 3 heteroatoms. The van der Waals surface area contributed by atoms with Gasteiger partial charge in [0.15, 0.2) is 0 Å². The Kier molecular flexibility index (Phi) is 4.42. The molecule has 0 spiro atoms. The van der Waals surface area contributed by atoms with Gasteiger partial charge in [0.05, 0.1) is 6.61 Å². The molecule has 2 rings (SSSR count). The number of hydrogen-bond donors (Lipinski definition) is 3. The van der Waals surface area contributed by atoms with Crippen molar-refractivity contribution < 1.29 is 10.2 Å². The molecule has 2 aromatic rings. The molecule has 20 heavy (non-hydrogen) atoms. The van der Waals surface area contributed by atoms with E-state index in [1.54, 1.807) is 12.1 Å². The van der Waals surface area contributed by atoms with E-state index < -0.39 is 5.41 Å². The van der Waals surface area contributed by atoms with Crippen molar-refractivity contribution in [3.63, 3.8) is 0 Å². The van der Waals surface area contributed by atoms with Crippen molar-refractivity contribution >= 4 is 0 Å². The second-order valence-corrected chi connectivity index (χ2v) is 5.35. The van der Waals surface area contributed by atoms with Crippen molar-refractivity contribution in [3.8, 4) is 5.75 Å². The molecule has 0 saturated heterocycles. The maximum atomic E-state index is 9.89. The topological polar surface area (TPSA) is 66.5 Å². The summed E-state index contributed by atoms with van der Waals surface area (Å²) in [5, 5.41) is 19.2. The zero-order chi connectivity index (χ0) is 14.6. The monoisotopic (exact) mass is 271 g/mol. The molecule has 0 saturated carbocycles. The zero-order valence-electron chi connectivity index (χ0n) is 11.7. The zero-order valence-corrected chi connectivity index (χ0v) is 11.7. The number of hydrogen-bond acceptors (Lipinski definition) is 3. The lowest BCUT2D eigenvalue weighted by Crippen LogP contribution is -2.41. The van der Waals surface area contributed by atoms with Crippen LogP contribution in [0.5, 0.6) is 5.75 Å². The molecule has 0 aliphatic rings. The Morgan fingerprint density at radius 1 is 1.00 bits per heavy atom. The molecule has 0 fully saturated rings. The van der Waals surface area contributed by atoms with Gasteiger partial charge in [0.2, 0.25) is 0 Å². The number of aryl methyl sites for hydroxylation is 1. The molecule has 0 aromatic heterocycles. The predicted octanol–water partition coefficient (Wildman–Crippen LogP) is 2.13. The van der Waals surface area contributed by atoms with Gasteiger partial charge in [-0.25, -0.2) is 0 Å². The van der Waals surface area contributed by atoms with Gasteiger partial charge in [-0.2, -0.15) is 0 Å². The summed E-state index contributed by atoms with van der Waals surface area (Å²) >= 11 is 0. The third-order valence-electron chi connectivity index (χ3n) is 3.84. The number of phenols is 1. The molecule has 0 radical (unpaired) electrons. The van der Waals surface area contributed by atoms with Gasteiger partial charge in [0.1, 0.15) is 5.75 Å². The summed E-state index contributed by atoms with van der Waals surface area (Å²) in [6, 6.07) is 15.2. The molecule has 0 heterocycles. The Morgan fingerprint density at radius 3 is 2.10 bits per heavy atom. The highest BCUT2D eigenvalue weighted by Gasteiger charge is 2.30.